The maximum atomic E-state index is 12.7. The third kappa shape index (κ3) is 5.87. The monoisotopic (exact) mass is 535 g/mol. The van der Waals surface area contributed by atoms with Gasteiger partial charge in [0, 0.05) is 24.0 Å². The summed E-state index contributed by atoms with van der Waals surface area (Å²) in [5, 5.41) is 20.2. The van der Waals surface area contributed by atoms with E-state index in [1.54, 1.807) is 12.3 Å². The summed E-state index contributed by atoms with van der Waals surface area (Å²) >= 11 is 0. The summed E-state index contributed by atoms with van der Waals surface area (Å²) in [5.41, 5.74) is 7.55. The summed E-state index contributed by atoms with van der Waals surface area (Å²) in [5.74, 6) is 0.257. The van der Waals surface area contributed by atoms with Gasteiger partial charge in [-0.3, -0.25) is 4.79 Å². The summed E-state index contributed by atoms with van der Waals surface area (Å²) in [7, 11) is 6.20. The maximum Gasteiger partial charge on any atom is 0.224 e. The number of phenolic OH excluding ortho intramolecular Hbond substituents is 1. The summed E-state index contributed by atoms with van der Waals surface area (Å²) in [4.78, 5) is 12.7. The Kier molecular flexibility index (Phi) is 7.55. The van der Waals surface area contributed by atoms with E-state index in [9.17, 15) is 9.90 Å². The molecule has 41 heavy (non-hydrogen) atoms. The molecule has 2 N–H and O–H groups in total. The number of carbonyl (C=O) groups excluding carboxylic acids is 1. The number of aromatic nitrogens is 2. The second kappa shape index (κ2) is 11.7. The number of rotatable bonds is 9. The van der Waals surface area contributed by atoms with Crippen molar-refractivity contribution in [3.05, 3.63) is 132 Å². The maximum absolute atomic E-state index is 12.7. The molecule has 0 atom stereocenters. The second-order valence-electron chi connectivity index (χ2n) is 10.4. The number of amides is 1. The summed E-state index contributed by atoms with van der Waals surface area (Å²) < 4.78 is 1.89. The van der Waals surface area contributed by atoms with Crippen LogP contribution in [0.2, 0.25) is 0 Å². The highest BCUT2D eigenvalue weighted by Gasteiger charge is 2.12. The molecule has 5 nitrogen and oxygen atoms in total. The molecule has 200 valence electrons. The van der Waals surface area contributed by atoms with Gasteiger partial charge in [-0.15, -0.1) is 0 Å². The van der Waals surface area contributed by atoms with Crippen molar-refractivity contribution < 1.29 is 9.90 Å². The molecule has 0 bridgehead atoms. The van der Waals surface area contributed by atoms with E-state index in [-0.39, 0.29) is 11.7 Å². The van der Waals surface area contributed by atoms with Crippen LogP contribution in [0.4, 0.5) is 0 Å². The highest BCUT2D eigenvalue weighted by atomic mass is 16.3. The number of para-hydroxylation sites is 1. The molecule has 0 saturated heterocycles. The van der Waals surface area contributed by atoms with Gasteiger partial charge in [-0.2, -0.15) is 5.10 Å². The fraction of sp³-hybridized carbons (Fsp3) is 0.143. The van der Waals surface area contributed by atoms with Gasteiger partial charge in [0.1, 0.15) is 13.6 Å². The fourth-order valence-corrected chi connectivity index (χ4v) is 5.41. The average molecular weight is 535 g/mol. The van der Waals surface area contributed by atoms with Crippen LogP contribution in [0.1, 0.15) is 28.8 Å². The molecule has 0 aliphatic carbocycles. The minimum absolute atomic E-state index is 0.0158. The summed E-state index contributed by atoms with van der Waals surface area (Å²) in [6.45, 7) is 0.502. The Morgan fingerprint density at radius 2 is 1.61 bits per heavy atom. The van der Waals surface area contributed by atoms with Crippen molar-refractivity contribution in [1.82, 2.24) is 14.9 Å². The number of fused-ring (bicyclic) bond motifs is 2. The Bertz CT molecular complexity index is 1840. The first-order chi connectivity index (χ1) is 20.0. The number of aromatic hydroxyl groups is 1. The number of pyridine rings is 1. The van der Waals surface area contributed by atoms with Crippen molar-refractivity contribution >= 4 is 35.5 Å². The van der Waals surface area contributed by atoms with Crippen molar-refractivity contribution in [1.29, 1.82) is 0 Å². The second-order valence-corrected chi connectivity index (χ2v) is 10.4. The highest BCUT2D eigenvalue weighted by molar-refractivity contribution is 6.36. The summed E-state index contributed by atoms with van der Waals surface area (Å²) in [6.07, 6.45) is 4.69. The van der Waals surface area contributed by atoms with Crippen LogP contribution in [0.15, 0.2) is 109 Å². The largest absolute Gasteiger partial charge is 0.507 e. The van der Waals surface area contributed by atoms with Gasteiger partial charge in [-0.1, -0.05) is 90.4 Å². The number of nitrogens with one attached hydrogen (secondary N) is 1. The standard InChI is InChI=1S/C35H30BN3O2/c36-32-23-38-39-29(19-28(20-33(32)39)31-13-3-4-14-34(31)40)11-5-7-24-15-17-25(18-16-24)22-37-35(41)21-27-10-6-9-26-8-1-2-12-30(26)27/h1-4,6,8-10,12-20,23,40H,5,7,11,21-22H2,(H,37,41). The summed E-state index contributed by atoms with van der Waals surface area (Å²) in [6, 6.07) is 34.1. The van der Waals surface area contributed by atoms with E-state index < -0.39 is 0 Å². The van der Waals surface area contributed by atoms with Crippen molar-refractivity contribution in [2.75, 3.05) is 0 Å². The van der Waals surface area contributed by atoms with Gasteiger partial charge < -0.3 is 10.4 Å². The predicted octanol–water partition coefficient (Wildman–Crippen LogP) is 5.69. The van der Waals surface area contributed by atoms with Crippen molar-refractivity contribution in [3.8, 4) is 16.9 Å². The number of carbonyl (C=O) groups is 1. The topological polar surface area (TPSA) is 66.6 Å². The lowest BCUT2D eigenvalue weighted by Crippen LogP contribution is -2.24. The molecule has 4 aromatic carbocycles. The van der Waals surface area contributed by atoms with E-state index in [1.807, 2.05) is 53.0 Å². The average Bonchev–Trinajstić information content (AvgIpc) is 3.37. The first-order valence-electron chi connectivity index (χ1n) is 13.9. The van der Waals surface area contributed by atoms with Crippen LogP contribution in [-0.4, -0.2) is 28.5 Å². The lowest BCUT2D eigenvalue weighted by Gasteiger charge is -2.11. The molecule has 2 aromatic heterocycles. The Labute approximate surface area is 240 Å². The molecule has 2 heterocycles. The predicted molar refractivity (Wildman–Crippen MR) is 166 cm³/mol. The van der Waals surface area contributed by atoms with E-state index in [0.717, 1.165) is 63.5 Å². The molecule has 0 aliphatic heterocycles. The lowest BCUT2D eigenvalue weighted by atomic mass is 9.95. The first-order valence-corrected chi connectivity index (χ1v) is 13.9. The van der Waals surface area contributed by atoms with Crippen LogP contribution in [0.5, 0.6) is 5.75 Å². The zero-order chi connectivity index (χ0) is 28.2. The molecule has 0 fully saturated rings. The van der Waals surface area contributed by atoms with Gasteiger partial charge >= 0.3 is 0 Å². The molecule has 1 amide bonds. The molecule has 0 spiro atoms. The SMILES string of the molecule is [B]c1cnn2c(CCCc3ccc(CNC(=O)Cc4cccc5ccccc45)cc3)cc(-c3ccccc3O)cc12. The Morgan fingerprint density at radius 1 is 0.854 bits per heavy atom. The number of aryl methyl sites for hydroxylation is 2. The molecule has 0 aliphatic rings. The van der Waals surface area contributed by atoms with Crippen LogP contribution in [-0.2, 0) is 30.6 Å². The minimum Gasteiger partial charge on any atom is -0.507 e. The van der Waals surface area contributed by atoms with Crippen LogP contribution in [0.3, 0.4) is 0 Å². The molecule has 6 rings (SSSR count). The van der Waals surface area contributed by atoms with Crippen LogP contribution in [0, 0.1) is 0 Å². The first kappa shape index (κ1) is 26.4. The third-order valence-electron chi connectivity index (χ3n) is 7.58. The van der Waals surface area contributed by atoms with Gasteiger partial charge in [0.05, 0.1) is 11.9 Å². The van der Waals surface area contributed by atoms with Crippen molar-refractivity contribution in [2.24, 2.45) is 0 Å². The molecule has 0 unspecified atom stereocenters. The fourth-order valence-electron chi connectivity index (χ4n) is 5.41. The van der Waals surface area contributed by atoms with Gasteiger partial charge in [0.15, 0.2) is 0 Å². The molecule has 0 saturated carbocycles. The molecule has 6 aromatic rings. The van der Waals surface area contributed by atoms with Crippen molar-refractivity contribution in [3.63, 3.8) is 0 Å². The van der Waals surface area contributed by atoms with E-state index in [0.29, 0.717) is 18.4 Å². The number of hydrogen-bond donors (Lipinski definition) is 2. The van der Waals surface area contributed by atoms with Gasteiger partial charge in [0.25, 0.3) is 0 Å². The molecule has 2 radical (unpaired) electrons. The Morgan fingerprint density at radius 3 is 2.46 bits per heavy atom. The van der Waals surface area contributed by atoms with Gasteiger partial charge in [0.2, 0.25) is 5.91 Å². The molecular formula is C35H30BN3O2. The lowest BCUT2D eigenvalue weighted by molar-refractivity contribution is -0.120. The van der Waals surface area contributed by atoms with E-state index in [4.69, 9.17) is 7.85 Å². The number of benzene rings is 4. The zero-order valence-corrected chi connectivity index (χ0v) is 22.8. The Balaban J connectivity index is 1.06. The van der Waals surface area contributed by atoms with Gasteiger partial charge in [-0.05, 0) is 70.5 Å². The van der Waals surface area contributed by atoms with Crippen molar-refractivity contribution in [2.45, 2.75) is 32.2 Å². The molecule has 6 heteroatoms. The van der Waals surface area contributed by atoms with Crippen LogP contribution in [0.25, 0.3) is 27.4 Å². The quantitative estimate of drug-likeness (QED) is 0.234. The van der Waals surface area contributed by atoms with Gasteiger partial charge in [-0.25, -0.2) is 4.52 Å². The molecular weight excluding hydrogens is 505 g/mol. The van der Waals surface area contributed by atoms with E-state index in [1.165, 1.54) is 5.56 Å². The Hall–Kier alpha value is -4.84. The van der Waals surface area contributed by atoms with E-state index in [2.05, 4.69) is 58.9 Å². The van der Waals surface area contributed by atoms with E-state index >= 15 is 0 Å². The minimum atomic E-state index is 0.0158. The number of hydrogen-bond acceptors (Lipinski definition) is 3. The third-order valence-corrected chi connectivity index (χ3v) is 7.58. The zero-order valence-electron chi connectivity index (χ0n) is 22.8. The number of nitrogens with zero attached hydrogens (tertiary/aromatic N) is 2. The smallest absolute Gasteiger partial charge is 0.224 e. The normalized spacial score (nSPS) is 11.2. The highest BCUT2D eigenvalue weighted by Crippen LogP contribution is 2.30. The van der Waals surface area contributed by atoms with Crippen LogP contribution >= 0.6 is 0 Å². The van der Waals surface area contributed by atoms with Crippen LogP contribution < -0.4 is 10.8 Å². The number of phenols is 1.